The van der Waals surface area contributed by atoms with E-state index in [0.717, 1.165) is 49.6 Å². The molecule has 0 saturated carbocycles. The number of halogens is 1. The molecule has 3 nitrogen and oxygen atoms in total. The molecular formula is C15H22ClN3. The van der Waals surface area contributed by atoms with Crippen LogP contribution in [0.4, 0.5) is 0 Å². The molecule has 0 aliphatic carbocycles. The molecule has 3 N–H and O–H groups in total. The largest absolute Gasteiger partial charge is 0.329 e. The molecule has 1 aliphatic heterocycles. The first-order valence-electron chi connectivity index (χ1n) is 6.81. The van der Waals surface area contributed by atoms with Crippen molar-refractivity contribution in [1.82, 2.24) is 10.3 Å². The van der Waals surface area contributed by atoms with E-state index in [1.54, 1.807) is 0 Å². The summed E-state index contributed by atoms with van der Waals surface area (Å²) in [5.74, 6) is 5.94. The number of benzene rings is 1. The highest BCUT2D eigenvalue weighted by molar-refractivity contribution is 6.30. The number of likely N-dealkylation sites (tertiary alicyclic amines) is 1. The first kappa shape index (κ1) is 14.4. The summed E-state index contributed by atoms with van der Waals surface area (Å²) < 4.78 is 0. The van der Waals surface area contributed by atoms with Crippen molar-refractivity contribution in [2.75, 3.05) is 19.6 Å². The van der Waals surface area contributed by atoms with E-state index in [1.165, 1.54) is 5.56 Å². The van der Waals surface area contributed by atoms with E-state index in [2.05, 4.69) is 29.0 Å². The maximum absolute atomic E-state index is 5.89. The molecule has 19 heavy (non-hydrogen) atoms. The quantitative estimate of drug-likeness (QED) is 0.643. The second-order valence-corrected chi connectivity index (χ2v) is 5.60. The van der Waals surface area contributed by atoms with Crippen molar-refractivity contribution >= 4 is 11.6 Å². The zero-order chi connectivity index (χ0) is 13.7. The first-order valence-corrected chi connectivity index (χ1v) is 7.19. The van der Waals surface area contributed by atoms with E-state index in [1.807, 2.05) is 12.1 Å². The van der Waals surface area contributed by atoms with Crippen molar-refractivity contribution in [3.05, 3.63) is 47.1 Å². The van der Waals surface area contributed by atoms with Crippen molar-refractivity contribution in [2.24, 2.45) is 11.8 Å². The van der Waals surface area contributed by atoms with Crippen molar-refractivity contribution in [3.63, 3.8) is 0 Å². The van der Waals surface area contributed by atoms with Crippen molar-refractivity contribution in [2.45, 2.75) is 19.3 Å². The van der Waals surface area contributed by atoms with Gasteiger partial charge in [0.05, 0.1) is 0 Å². The summed E-state index contributed by atoms with van der Waals surface area (Å²) in [7, 11) is 0. The Bertz CT molecular complexity index is 408. The summed E-state index contributed by atoms with van der Waals surface area (Å²) in [6, 6.07) is 8.13. The van der Waals surface area contributed by atoms with Gasteiger partial charge in [-0.05, 0) is 50.0 Å². The van der Waals surface area contributed by atoms with Crippen LogP contribution in [-0.4, -0.2) is 24.5 Å². The number of allylic oxidation sites excluding steroid dienone is 1. The van der Waals surface area contributed by atoms with Gasteiger partial charge in [-0.15, -0.1) is 0 Å². The topological polar surface area (TPSA) is 41.3 Å². The van der Waals surface area contributed by atoms with Crippen LogP contribution in [0.1, 0.15) is 18.4 Å². The van der Waals surface area contributed by atoms with Crippen LogP contribution in [0.3, 0.4) is 0 Å². The normalized spacial score (nSPS) is 17.4. The Hall–Kier alpha value is -1.03. The third kappa shape index (κ3) is 4.23. The van der Waals surface area contributed by atoms with E-state index >= 15 is 0 Å². The minimum atomic E-state index is 0.525. The Morgan fingerprint density at radius 3 is 2.53 bits per heavy atom. The van der Waals surface area contributed by atoms with Gasteiger partial charge in [0.1, 0.15) is 0 Å². The number of hydrazine groups is 1. The standard InChI is InChI=1S/C15H22ClN3/c1-12(18-17)14-7-10-19(11-8-14)9-6-13-2-4-15(16)5-3-13/h2-5,14,18H,1,6-11,17H2. The number of hydrogen-bond acceptors (Lipinski definition) is 3. The zero-order valence-corrected chi connectivity index (χ0v) is 12.0. The van der Waals surface area contributed by atoms with Crippen molar-refractivity contribution < 1.29 is 0 Å². The number of nitrogens with zero attached hydrogens (tertiary/aromatic N) is 1. The predicted octanol–water partition coefficient (Wildman–Crippen LogP) is 2.57. The molecule has 1 aromatic carbocycles. The number of nitrogens with one attached hydrogen (secondary N) is 1. The second kappa shape index (κ2) is 6.94. The molecule has 0 amide bonds. The van der Waals surface area contributed by atoms with Gasteiger partial charge in [0.2, 0.25) is 0 Å². The predicted molar refractivity (Wildman–Crippen MR) is 80.8 cm³/mol. The van der Waals surface area contributed by atoms with Gasteiger partial charge in [0.15, 0.2) is 0 Å². The van der Waals surface area contributed by atoms with Crippen LogP contribution >= 0.6 is 11.6 Å². The molecular weight excluding hydrogens is 258 g/mol. The van der Waals surface area contributed by atoms with Crippen LogP contribution in [0.5, 0.6) is 0 Å². The van der Waals surface area contributed by atoms with E-state index in [-0.39, 0.29) is 0 Å². The maximum Gasteiger partial charge on any atom is 0.0406 e. The molecule has 104 valence electrons. The third-order valence-electron chi connectivity index (χ3n) is 3.90. The van der Waals surface area contributed by atoms with Gasteiger partial charge in [-0.1, -0.05) is 30.3 Å². The summed E-state index contributed by atoms with van der Waals surface area (Å²) >= 11 is 5.89. The SMILES string of the molecule is C=C(NN)C1CCN(CCc2ccc(Cl)cc2)CC1. The van der Waals surface area contributed by atoms with Crippen LogP contribution in [-0.2, 0) is 6.42 Å². The minimum Gasteiger partial charge on any atom is -0.329 e. The summed E-state index contributed by atoms with van der Waals surface area (Å²) in [5.41, 5.74) is 5.00. The lowest BCUT2D eigenvalue weighted by atomic mass is 9.94. The summed E-state index contributed by atoms with van der Waals surface area (Å²) in [4.78, 5) is 2.51. The lowest BCUT2D eigenvalue weighted by Gasteiger charge is -2.32. The fourth-order valence-corrected chi connectivity index (χ4v) is 2.69. The van der Waals surface area contributed by atoms with Crippen LogP contribution < -0.4 is 11.3 Å². The van der Waals surface area contributed by atoms with Gasteiger partial charge in [0.25, 0.3) is 0 Å². The second-order valence-electron chi connectivity index (χ2n) is 5.16. The molecule has 0 radical (unpaired) electrons. The molecule has 1 aromatic rings. The van der Waals surface area contributed by atoms with E-state index in [0.29, 0.717) is 5.92 Å². The fraction of sp³-hybridized carbons (Fsp3) is 0.467. The van der Waals surface area contributed by atoms with Crippen LogP contribution in [0.2, 0.25) is 5.02 Å². The molecule has 1 heterocycles. The van der Waals surface area contributed by atoms with Crippen molar-refractivity contribution in [1.29, 1.82) is 0 Å². The summed E-state index contributed by atoms with van der Waals surface area (Å²) in [5, 5.41) is 0.803. The van der Waals surface area contributed by atoms with E-state index < -0.39 is 0 Å². The van der Waals surface area contributed by atoms with Gasteiger partial charge in [-0.2, -0.15) is 0 Å². The molecule has 4 heteroatoms. The lowest BCUT2D eigenvalue weighted by molar-refractivity contribution is 0.198. The van der Waals surface area contributed by atoms with E-state index in [9.17, 15) is 0 Å². The molecule has 0 aromatic heterocycles. The van der Waals surface area contributed by atoms with Crippen LogP contribution in [0.15, 0.2) is 36.5 Å². The Labute approximate surface area is 120 Å². The first-order chi connectivity index (χ1) is 9.19. The average molecular weight is 280 g/mol. The Balaban J connectivity index is 1.74. The number of nitrogens with two attached hydrogens (primary N) is 1. The molecule has 0 bridgehead atoms. The molecule has 0 atom stereocenters. The van der Waals surface area contributed by atoms with Crippen molar-refractivity contribution in [3.8, 4) is 0 Å². The number of rotatable bonds is 5. The highest BCUT2D eigenvalue weighted by atomic mass is 35.5. The lowest BCUT2D eigenvalue weighted by Crippen LogP contribution is -2.38. The van der Waals surface area contributed by atoms with E-state index in [4.69, 9.17) is 17.4 Å². The van der Waals surface area contributed by atoms with Gasteiger partial charge < -0.3 is 10.3 Å². The average Bonchev–Trinajstić information content (AvgIpc) is 2.46. The van der Waals surface area contributed by atoms with Gasteiger partial charge in [-0.3, -0.25) is 5.84 Å². The Morgan fingerprint density at radius 2 is 1.95 bits per heavy atom. The summed E-state index contributed by atoms with van der Waals surface area (Å²) in [6.07, 6.45) is 3.37. The molecule has 1 fully saturated rings. The molecule has 1 aliphatic rings. The van der Waals surface area contributed by atoms with Crippen LogP contribution in [0, 0.1) is 5.92 Å². The molecule has 2 rings (SSSR count). The highest BCUT2D eigenvalue weighted by Crippen LogP contribution is 2.21. The molecule has 0 spiro atoms. The molecule has 0 unspecified atom stereocenters. The van der Waals surface area contributed by atoms with Gasteiger partial charge in [-0.25, -0.2) is 0 Å². The number of hydrogen-bond donors (Lipinski definition) is 2. The fourth-order valence-electron chi connectivity index (χ4n) is 2.56. The maximum atomic E-state index is 5.89. The Morgan fingerprint density at radius 1 is 1.32 bits per heavy atom. The smallest absolute Gasteiger partial charge is 0.0406 e. The number of piperidine rings is 1. The summed E-state index contributed by atoms with van der Waals surface area (Å²) in [6.45, 7) is 7.31. The third-order valence-corrected chi connectivity index (χ3v) is 4.15. The van der Waals surface area contributed by atoms with Gasteiger partial charge >= 0.3 is 0 Å². The van der Waals surface area contributed by atoms with Crippen LogP contribution in [0.25, 0.3) is 0 Å². The minimum absolute atomic E-state index is 0.525. The highest BCUT2D eigenvalue weighted by Gasteiger charge is 2.20. The van der Waals surface area contributed by atoms with Gasteiger partial charge in [0, 0.05) is 23.2 Å². The molecule has 1 saturated heterocycles. The monoisotopic (exact) mass is 279 g/mol. The Kier molecular flexibility index (Phi) is 5.25. The zero-order valence-electron chi connectivity index (χ0n) is 11.2.